The molecule has 0 aliphatic rings. The van der Waals surface area contributed by atoms with Gasteiger partial charge in [0.15, 0.2) is 0 Å². The summed E-state index contributed by atoms with van der Waals surface area (Å²) in [6.07, 6.45) is 0. The molecule has 1 N–H and O–H groups in total. The van der Waals surface area contributed by atoms with Gasteiger partial charge in [-0.2, -0.15) is 0 Å². The van der Waals surface area contributed by atoms with Gasteiger partial charge in [0.05, 0.1) is 19.9 Å². The smallest absolute Gasteiger partial charge is 0.265 e. The average Bonchev–Trinajstić information content (AvgIpc) is 2.52. The molecule has 0 aromatic heterocycles. The molecule has 0 saturated heterocycles. The van der Waals surface area contributed by atoms with Crippen LogP contribution in [-0.2, 0) is 10.0 Å². The largest absolute Gasteiger partial charge is 0.495 e. The minimum absolute atomic E-state index is 0.0720. The van der Waals surface area contributed by atoms with Crippen molar-refractivity contribution in [3.05, 3.63) is 46.0 Å². The van der Waals surface area contributed by atoms with Crippen LogP contribution in [0.25, 0.3) is 0 Å². The van der Waals surface area contributed by atoms with Crippen molar-refractivity contribution in [1.82, 2.24) is 0 Å². The first-order valence-electron chi connectivity index (χ1n) is 7.21. The normalized spacial score (nSPS) is 11.2. The van der Waals surface area contributed by atoms with Gasteiger partial charge in [0.25, 0.3) is 10.0 Å². The molecule has 2 aromatic rings. The lowest BCUT2D eigenvalue weighted by atomic mass is 10.1. The van der Waals surface area contributed by atoms with Crippen LogP contribution in [0.5, 0.6) is 11.5 Å². The van der Waals surface area contributed by atoms with Gasteiger partial charge in [0.2, 0.25) is 0 Å². The van der Waals surface area contributed by atoms with Gasteiger partial charge in [0, 0.05) is 11.1 Å². The van der Waals surface area contributed by atoms with E-state index in [1.807, 2.05) is 13.8 Å². The third-order valence-corrected chi connectivity index (χ3v) is 5.59. The number of sulfonamides is 1. The molecule has 0 radical (unpaired) electrons. The van der Waals surface area contributed by atoms with Crippen molar-refractivity contribution in [1.29, 1.82) is 0 Å². The lowest BCUT2D eigenvalue weighted by molar-refractivity contribution is 0.402. The first kappa shape index (κ1) is 18.4. The van der Waals surface area contributed by atoms with Crippen LogP contribution >= 0.6 is 11.6 Å². The van der Waals surface area contributed by atoms with Crippen LogP contribution in [0.4, 0.5) is 5.69 Å². The lowest BCUT2D eigenvalue weighted by Crippen LogP contribution is -2.15. The Bertz CT molecular complexity index is 879. The first-order valence-corrected chi connectivity index (χ1v) is 9.08. The Morgan fingerprint density at radius 3 is 2.04 bits per heavy atom. The second-order valence-corrected chi connectivity index (χ2v) is 7.55. The van der Waals surface area contributed by atoms with Crippen molar-refractivity contribution in [2.45, 2.75) is 25.7 Å². The molecule has 0 heterocycles. The Balaban J connectivity index is 2.54. The number of hydrogen-bond donors (Lipinski definition) is 1. The van der Waals surface area contributed by atoms with Crippen molar-refractivity contribution in [2.24, 2.45) is 0 Å². The Hall–Kier alpha value is -1.92. The zero-order chi connectivity index (χ0) is 18.1. The second kappa shape index (κ2) is 6.91. The maximum absolute atomic E-state index is 12.8. The maximum Gasteiger partial charge on any atom is 0.265 e. The summed E-state index contributed by atoms with van der Waals surface area (Å²) in [6.45, 7) is 5.53. The topological polar surface area (TPSA) is 64.6 Å². The van der Waals surface area contributed by atoms with Gasteiger partial charge in [0.1, 0.15) is 16.4 Å². The van der Waals surface area contributed by atoms with Crippen LogP contribution in [0.1, 0.15) is 16.7 Å². The summed E-state index contributed by atoms with van der Waals surface area (Å²) in [5.41, 5.74) is 2.86. The van der Waals surface area contributed by atoms with Crippen LogP contribution in [-0.4, -0.2) is 22.6 Å². The quantitative estimate of drug-likeness (QED) is 0.862. The number of methoxy groups -OCH3 is 2. The highest BCUT2D eigenvalue weighted by atomic mass is 35.5. The van der Waals surface area contributed by atoms with Crippen LogP contribution in [0.15, 0.2) is 29.2 Å². The highest BCUT2D eigenvalue weighted by molar-refractivity contribution is 7.92. The predicted molar refractivity (Wildman–Crippen MR) is 96.0 cm³/mol. The Morgan fingerprint density at radius 2 is 1.46 bits per heavy atom. The van der Waals surface area contributed by atoms with E-state index in [1.54, 1.807) is 31.2 Å². The standard InChI is InChI=1S/C17H20ClNO4S/c1-10-7-16(23-5)17(8-11(10)2)24(20,21)19-14-6-12(3)13(18)9-15(14)22-4/h6-9,19H,1-5H3. The molecule has 0 unspecified atom stereocenters. The predicted octanol–water partition coefficient (Wildman–Crippen LogP) is 4.08. The number of nitrogens with one attached hydrogen (secondary N) is 1. The number of hydrogen-bond acceptors (Lipinski definition) is 4. The number of aryl methyl sites for hydroxylation is 3. The number of halogens is 1. The number of ether oxygens (including phenoxy) is 2. The van der Waals surface area contributed by atoms with E-state index in [2.05, 4.69) is 4.72 Å². The summed E-state index contributed by atoms with van der Waals surface area (Å²) in [6, 6.07) is 6.50. The zero-order valence-electron chi connectivity index (χ0n) is 14.2. The van der Waals surface area contributed by atoms with Crippen molar-refractivity contribution >= 4 is 27.3 Å². The summed E-state index contributed by atoms with van der Waals surface area (Å²) in [4.78, 5) is 0.0720. The van der Waals surface area contributed by atoms with Gasteiger partial charge in [-0.3, -0.25) is 4.72 Å². The molecule has 2 rings (SSSR count). The third-order valence-electron chi connectivity index (χ3n) is 3.79. The monoisotopic (exact) mass is 369 g/mol. The van der Waals surface area contributed by atoms with E-state index in [0.29, 0.717) is 16.5 Å². The molecule has 0 bridgehead atoms. The number of benzene rings is 2. The SMILES string of the molecule is COc1cc(Cl)c(C)cc1NS(=O)(=O)c1cc(C)c(C)cc1OC. The molecular formula is C17H20ClNO4S. The number of anilines is 1. The highest BCUT2D eigenvalue weighted by Gasteiger charge is 2.22. The number of rotatable bonds is 5. The van der Waals surface area contributed by atoms with E-state index in [4.69, 9.17) is 21.1 Å². The fourth-order valence-corrected chi connectivity index (χ4v) is 3.70. The minimum Gasteiger partial charge on any atom is -0.495 e. The van der Waals surface area contributed by atoms with E-state index < -0.39 is 10.0 Å². The minimum atomic E-state index is -3.86. The third kappa shape index (κ3) is 3.60. The van der Waals surface area contributed by atoms with Crippen LogP contribution < -0.4 is 14.2 Å². The van der Waals surface area contributed by atoms with E-state index >= 15 is 0 Å². The van der Waals surface area contributed by atoms with Crippen LogP contribution in [0.3, 0.4) is 0 Å². The average molecular weight is 370 g/mol. The van der Waals surface area contributed by atoms with Gasteiger partial charge in [-0.25, -0.2) is 8.42 Å². The summed E-state index contributed by atoms with van der Waals surface area (Å²) >= 11 is 6.06. The van der Waals surface area contributed by atoms with Gasteiger partial charge in [-0.05, 0) is 55.7 Å². The summed E-state index contributed by atoms with van der Waals surface area (Å²) in [5, 5.41) is 0.499. The Morgan fingerprint density at radius 1 is 0.875 bits per heavy atom. The second-order valence-electron chi connectivity index (χ2n) is 5.49. The van der Waals surface area contributed by atoms with E-state index in [1.165, 1.54) is 14.2 Å². The molecule has 0 aliphatic carbocycles. The molecular weight excluding hydrogens is 350 g/mol. The fraction of sp³-hybridized carbons (Fsp3) is 0.294. The van der Waals surface area contributed by atoms with Gasteiger partial charge in [-0.1, -0.05) is 11.6 Å². The summed E-state index contributed by atoms with van der Waals surface area (Å²) in [7, 11) is -0.961. The molecule has 5 nitrogen and oxygen atoms in total. The molecule has 0 fully saturated rings. The Labute approximate surface area is 147 Å². The zero-order valence-corrected chi connectivity index (χ0v) is 15.8. The Kier molecular flexibility index (Phi) is 5.30. The van der Waals surface area contributed by atoms with Crippen molar-refractivity contribution in [2.75, 3.05) is 18.9 Å². The molecule has 2 aromatic carbocycles. The van der Waals surface area contributed by atoms with E-state index in [9.17, 15) is 8.42 Å². The molecule has 7 heteroatoms. The molecule has 0 spiro atoms. The summed E-state index contributed by atoms with van der Waals surface area (Å²) in [5.74, 6) is 0.632. The highest BCUT2D eigenvalue weighted by Crippen LogP contribution is 2.34. The molecule has 0 atom stereocenters. The van der Waals surface area contributed by atoms with E-state index in [-0.39, 0.29) is 10.6 Å². The maximum atomic E-state index is 12.8. The van der Waals surface area contributed by atoms with Crippen LogP contribution in [0, 0.1) is 20.8 Å². The lowest BCUT2D eigenvalue weighted by Gasteiger charge is -2.16. The van der Waals surface area contributed by atoms with Gasteiger partial charge < -0.3 is 9.47 Å². The molecule has 0 saturated carbocycles. The summed E-state index contributed by atoms with van der Waals surface area (Å²) < 4.78 is 38.7. The van der Waals surface area contributed by atoms with Gasteiger partial charge >= 0.3 is 0 Å². The fourth-order valence-electron chi connectivity index (χ4n) is 2.24. The molecule has 0 amide bonds. The van der Waals surface area contributed by atoms with Crippen LogP contribution in [0.2, 0.25) is 5.02 Å². The first-order chi connectivity index (χ1) is 11.2. The van der Waals surface area contributed by atoms with Crippen molar-refractivity contribution in [3.8, 4) is 11.5 Å². The van der Waals surface area contributed by atoms with E-state index in [0.717, 1.165) is 16.7 Å². The molecule has 0 aliphatic heterocycles. The van der Waals surface area contributed by atoms with Crippen molar-refractivity contribution in [3.63, 3.8) is 0 Å². The molecule has 24 heavy (non-hydrogen) atoms. The van der Waals surface area contributed by atoms with Gasteiger partial charge in [-0.15, -0.1) is 0 Å². The molecule has 130 valence electrons. The van der Waals surface area contributed by atoms with Crippen molar-refractivity contribution < 1.29 is 17.9 Å².